The smallest absolute Gasteiger partial charge is 0.166 e. The summed E-state index contributed by atoms with van der Waals surface area (Å²) in [5.41, 5.74) is 0.106. The van der Waals surface area contributed by atoms with Gasteiger partial charge in [0.2, 0.25) is 0 Å². The van der Waals surface area contributed by atoms with E-state index in [4.69, 9.17) is 12.2 Å². The maximum Gasteiger partial charge on any atom is 0.166 e. The van der Waals surface area contributed by atoms with Crippen molar-refractivity contribution in [3.63, 3.8) is 0 Å². The zero-order chi connectivity index (χ0) is 13.8. The minimum Gasteiger partial charge on any atom is -0.361 e. The number of aromatic nitrogens is 2. The first-order chi connectivity index (χ1) is 8.29. The molecule has 0 aliphatic carbocycles. The van der Waals surface area contributed by atoms with Crippen LogP contribution in [-0.2, 0) is 6.54 Å². The molecule has 4 nitrogen and oxygen atoms in total. The van der Waals surface area contributed by atoms with Crippen LogP contribution in [-0.4, -0.2) is 27.0 Å². The highest BCUT2D eigenvalue weighted by Gasteiger charge is 2.25. The van der Waals surface area contributed by atoms with Crippen LogP contribution < -0.4 is 10.6 Å². The predicted octanol–water partition coefficient (Wildman–Crippen LogP) is 2.17. The van der Waals surface area contributed by atoms with Gasteiger partial charge in [0.1, 0.15) is 0 Å². The molecule has 0 saturated carbocycles. The maximum absolute atomic E-state index is 5.32. The average molecular weight is 268 g/mol. The predicted molar refractivity (Wildman–Crippen MR) is 79.5 cm³/mol. The van der Waals surface area contributed by atoms with Crippen LogP contribution in [0.1, 0.15) is 34.6 Å². The third-order valence-electron chi connectivity index (χ3n) is 2.70. The second kappa shape index (κ2) is 6.18. The van der Waals surface area contributed by atoms with Crippen molar-refractivity contribution in [3.8, 4) is 0 Å². The number of hydrogen-bond acceptors (Lipinski definition) is 2. The second-order valence-corrected chi connectivity index (χ2v) is 6.33. The van der Waals surface area contributed by atoms with Gasteiger partial charge in [0.25, 0.3) is 0 Å². The molecule has 0 aliphatic rings. The van der Waals surface area contributed by atoms with Crippen LogP contribution >= 0.6 is 12.2 Å². The number of nitrogens with one attached hydrogen (secondary N) is 2. The monoisotopic (exact) mass is 268 g/mol. The minimum atomic E-state index is 0.106. The SMILES string of the molecule is CC(C)NC(=S)NC(Cn1cccn1)C(C)(C)C. The largest absolute Gasteiger partial charge is 0.361 e. The van der Waals surface area contributed by atoms with E-state index in [1.165, 1.54) is 0 Å². The topological polar surface area (TPSA) is 41.9 Å². The summed E-state index contributed by atoms with van der Waals surface area (Å²) in [6.45, 7) is 11.6. The molecule has 1 heterocycles. The molecular weight excluding hydrogens is 244 g/mol. The normalized spacial score (nSPS) is 13.4. The summed E-state index contributed by atoms with van der Waals surface area (Å²) in [7, 11) is 0. The molecule has 0 aliphatic heterocycles. The van der Waals surface area contributed by atoms with E-state index in [1.807, 2.05) is 16.9 Å². The fourth-order valence-corrected chi connectivity index (χ4v) is 1.97. The lowest BCUT2D eigenvalue weighted by molar-refractivity contribution is 0.260. The van der Waals surface area contributed by atoms with Crippen molar-refractivity contribution in [1.29, 1.82) is 0 Å². The van der Waals surface area contributed by atoms with Crippen molar-refractivity contribution < 1.29 is 0 Å². The van der Waals surface area contributed by atoms with E-state index >= 15 is 0 Å². The third kappa shape index (κ3) is 5.04. The van der Waals surface area contributed by atoms with Gasteiger partial charge in [-0.15, -0.1) is 0 Å². The first-order valence-corrected chi connectivity index (χ1v) is 6.74. The second-order valence-electron chi connectivity index (χ2n) is 5.92. The van der Waals surface area contributed by atoms with Gasteiger partial charge in [-0.25, -0.2) is 0 Å². The minimum absolute atomic E-state index is 0.106. The van der Waals surface area contributed by atoms with Crippen molar-refractivity contribution in [2.24, 2.45) is 5.41 Å². The molecule has 18 heavy (non-hydrogen) atoms. The summed E-state index contributed by atoms with van der Waals surface area (Å²) in [5, 5.41) is 11.6. The molecule has 102 valence electrons. The Morgan fingerprint density at radius 2 is 2.00 bits per heavy atom. The summed E-state index contributed by atoms with van der Waals surface area (Å²) in [6, 6.07) is 2.51. The lowest BCUT2D eigenvalue weighted by Gasteiger charge is -2.33. The molecule has 5 heteroatoms. The molecule has 1 atom stereocenters. The van der Waals surface area contributed by atoms with Gasteiger partial charge in [-0.2, -0.15) is 5.10 Å². The fourth-order valence-electron chi connectivity index (χ4n) is 1.59. The first-order valence-electron chi connectivity index (χ1n) is 6.33. The van der Waals surface area contributed by atoms with E-state index in [0.717, 1.165) is 6.54 Å². The van der Waals surface area contributed by atoms with Gasteiger partial charge < -0.3 is 10.6 Å². The summed E-state index contributed by atoms with van der Waals surface area (Å²) >= 11 is 5.32. The number of nitrogens with zero attached hydrogens (tertiary/aromatic N) is 2. The van der Waals surface area contributed by atoms with E-state index in [-0.39, 0.29) is 11.5 Å². The molecular formula is C13H24N4S. The molecule has 0 radical (unpaired) electrons. The Labute approximate surface area is 115 Å². The first kappa shape index (κ1) is 15.0. The van der Waals surface area contributed by atoms with E-state index in [9.17, 15) is 0 Å². The molecule has 0 spiro atoms. The van der Waals surface area contributed by atoms with Crippen LogP contribution in [0.4, 0.5) is 0 Å². The Bertz CT molecular complexity index is 365. The summed E-state index contributed by atoms with van der Waals surface area (Å²) in [5.74, 6) is 0. The summed E-state index contributed by atoms with van der Waals surface area (Å²) in [4.78, 5) is 0. The fraction of sp³-hybridized carbons (Fsp3) is 0.692. The van der Waals surface area contributed by atoms with Crippen LogP contribution in [0.3, 0.4) is 0 Å². The van der Waals surface area contributed by atoms with Crippen molar-refractivity contribution in [3.05, 3.63) is 18.5 Å². The van der Waals surface area contributed by atoms with Crippen LogP contribution in [0.25, 0.3) is 0 Å². The zero-order valence-electron chi connectivity index (χ0n) is 11.9. The molecule has 0 fully saturated rings. The molecule has 0 saturated heterocycles. The molecule has 1 aromatic rings. The van der Waals surface area contributed by atoms with E-state index in [0.29, 0.717) is 11.2 Å². The van der Waals surface area contributed by atoms with Crippen LogP contribution in [0.5, 0.6) is 0 Å². The number of thiocarbonyl (C=S) groups is 1. The van der Waals surface area contributed by atoms with Gasteiger partial charge in [-0.3, -0.25) is 4.68 Å². The van der Waals surface area contributed by atoms with E-state index < -0.39 is 0 Å². The Balaban J connectivity index is 2.65. The van der Waals surface area contributed by atoms with Crippen molar-refractivity contribution >= 4 is 17.3 Å². The molecule has 0 amide bonds. The highest BCUT2D eigenvalue weighted by Crippen LogP contribution is 2.20. The summed E-state index contributed by atoms with van der Waals surface area (Å²) < 4.78 is 1.93. The number of rotatable bonds is 4. The zero-order valence-corrected chi connectivity index (χ0v) is 12.7. The van der Waals surface area contributed by atoms with Crippen LogP contribution in [0, 0.1) is 5.41 Å². The van der Waals surface area contributed by atoms with E-state index in [1.54, 1.807) is 6.20 Å². The Kier molecular flexibility index (Phi) is 5.14. The Morgan fingerprint density at radius 3 is 2.44 bits per heavy atom. The van der Waals surface area contributed by atoms with E-state index in [2.05, 4.69) is 50.4 Å². The lowest BCUT2D eigenvalue weighted by Crippen LogP contribution is -2.51. The molecule has 1 aromatic heterocycles. The van der Waals surface area contributed by atoms with Gasteiger partial charge in [0, 0.05) is 18.4 Å². The number of hydrogen-bond donors (Lipinski definition) is 2. The third-order valence-corrected chi connectivity index (χ3v) is 2.94. The lowest BCUT2D eigenvalue weighted by atomic mass is 9.87. The molecule has 0 bridgehead atoms. The van der Waals surface area contributed by atoms with Crippen molar-refractivity contribution in [1.82, 2.24) is 20.4 Å². The van der Waals surface area contributed by atoms with Crippen molar-refractivity contribution in [2.45, 2.75) is 53.2 Å². The summed E-state index contributed by atoms with van der Waals surface area (Å²) in [6.07, 6.45) is 3.77. The van der Waals surface area contributed by atoms with Gasteiger partial charge in [-0.1, -0.05) is 20.8 Å². The van der Waals surface area contributed by atoms with Crippen LogP contribution in [0.2, 0.25) is 0 Å². The van der Waals surface area contributed by atoms with Gasteiger partial charge in [-0.05, 0) is 37.5 Å². The standard InChI is InChI=1S/C13H24N4S/c1-10(2)15-12(18)16-11(13(3,4)5)9-17-8-6-7-14-17/h6-8,10-11H,9H2,1-5H3,(H2,15,16,18). The molecule has 0 aromatic carbocycles. The van der Waals surface area contributed by atoms with Gasteiger partial charge in [0.15, 0.2) is 5.11 Å². The quantitative estimate of drug-likeness (QED) is 0.821. The average Bonchev–Trinajstić information content (AvgIpc) is 2.66. The van der Waals surface area contributed by atoms with Gasteiger partial charge in [0.05, 0.1) is 12.6 Å². The van der Waals surface area contributed by atoms with Crippen LogP contribution in [0.15, 0.2) is 18.5 Å². The maximum atomic E-state index is 5.32. The highest BCUT2D eigenvalue weighted by molar-refractivity contribution is 7.80. The molecule has 1 unspecified atom stereocenters. The Morgan fingerprint density at radius 1 is 1.33 bits per heavy atom. The van der Waals surface area contributed by atoms with Gasteiger partial charge >= 0.3 is 0 Å². The molecule has 2 N–H and O–H groups in total. The molecule has 1 rings (SSSR count). The Hall–Kier alpha value is -1.10. The van der Waals surface area contributed by atoms with Crippen molar-refractivity contribution in [2.75, 3.05) is 0 Å². The highest BCUT2D eigenvalue weighted by atomic mass is 32.1.